The highest BCUT2D eigenvalue weighted by molar-refractivity contribution is 7.15. The molecule has 3 rings (SSSR count). The lowest BCUT2D eigenvalue weighted by Crippen LogP contribution is -2.36. The minimum atomic E-state index is -0.415. The number of hydrogen-bond acceptors (Lipinski definition) is 5. The molecule has 1 N–H and O–H groups in total. The lowest BCUT2D eigenvalue weighted by atomic mass is 10.2. The van der Waals surface area contributed by atoms with Crippen LogP contribution >= 0.6 is 11.3 Å². The standard InChI is InChI=1S/C11H12N4O2S/c1-14-9(16)4-8(10(14)17)12-5-7-6-15-2-3-18-11(15)13-7/h2-3,6,8,12H,4-5H2,1H3. The Morgan fingerprint density at radius 3 is 3.06 bits per heavy atom. The van der Waals surface area contributed by atoms with Crippen LogP contribution in [0, 0.1) is 0 Å². The Labute approximate surface area is 107 Å². The van der Waals surface area contributed by atoms with E-state index in [1.165, 1.54) is 11.9 Å². The van der Waals surface area contributed by atoms with Crippen molar-refractivity contribution in [2.75, 3.05) is 7.05 Å². The fourth-order valence-corrected chi connectivity index (χ4v) is 2.72. The zero-order chi connectivity index (χ0) is 12.7. The summed E-state index contributed by atoms with van der Waals surface area (Å²) >= 11 is 1.56. The van der Waals surface area contributed by atoms with Crippen molar-refractivity contribution in [2.45, 2.75) is 19.0 Å². The summed E-state index contributed by atoms with van der Waals surface area (Å²) in [5.41, 5.74) is 0.872. The molecule has 0 saturated carbocycles. The van der Waals surface area contributed by atoms with E-state index in [0.717, 1.165) is 10.7 Å². The summed E-state index contributed by atoms with van der Waals surface area (Å²) < 4.78 is 1.94. The van der Waals surface area contributed by atoms with Gasteiger partial charge in [0.1, 0.15) is 0 Å². The molecule has 1 saturated heterocycles. The first-order valence-corrected chi connectivity index (χ1v) is 6.48. The molecule has 18 heavy (non-hydrogen) atoms. The monoisotopic (exact) mass is 264 g/mol. The number of carbonyl (C=O) groups is 2. The second-order valence-corrected chi connectivity index (χ2v) is 5.13. The van der Waals surface area contributed by atoms with Gasteiger partial charge in [0, 0.05) is 31.4 Å². The van der Waals surface area contributed by atoms with Gasteiger partial charge in [-0.25, -0.2) is 4.98 Å². The Balaban J connectivity index is 1.66. The van der Waals surface area contributed by atoms with E-state index < -0.39 is 6.04 Å². The van der Waals surface area contributed by atoms with Crippen LogP contribution in [0.1, 0.15) is 12.1 Å². The van der Waals surface area contributed by atoms with Gasteiger partial charge >= 0.3 is 0 Å². The Morgan fingerprint density at radius 2 is 2.39 bits per heavy atom. The van der Waals surface area contributed by atoms with Crippen molar-refractivity contribution < 1.29 is 9.59 Å². The van der Waals surface area contributed by atoms with Gasteiger partial charge in [0.2, 0.25) is 11.8 Å². The SMILES string of the molecule is CN1C(=O)CC(NCc2cn3ccsc3n2)C1=O. The van der Waals surface area contributed by atoms with E-state index in [1.807, 2.05) is 22.2 Å². The lowest BCUT2D eigenvalue weighted by Gasteiger charge is -2.09. The first-order valence-electron chi connectivity index (χ1n) is 5.60. The van der Waals surface area contributed by atoms with Gasteiger partial charge in [-0.2, -0.15) is 0 Å². The molecule has 6 nitrogen and oxygen atoms in total. The molecule has 0 radical (unpaired) electrons. The number of likely N-dealkylation sites (tertiary alicyclic amines) is 1. The second-order valence-electron chi connectivity index (χ2n) is 4.25. The van der Waals surface area contributed by atoms with E-state index in [-0.39, 0.29) is 18.2 Å². The molecule has 3 heterocycles. The summed E-state index contributed by atoms with van der Waals surface area (Å²) in [4.78, 5) is 29.5. The quantitative estimate of drug-likeness (QED) is 0.807. The maximum Gasteiger partial charge on any atom is 0.246 e. The number of nitrogens with zero attached hydrogens (tertiary/aromatic N) is 3. The second kappa shape index (κ2) is 4.18. The number of rotatable bonds is 3. The van der Waals surface area contributed by atoms with Crippen molar-refractivity contribution in [1.29, 1.82) is 0 Å². The minimum absolute atomic E-state index is 0.136. The number of thiazole rings is 1. The molecule has 0 aliphatic carbocycles. The largest absolute Gasteiger partial charge is 0.300 e. The van der Waals surface area contributed by atoms with Gasteiger partial charge < -0.3 is 0 Å². The van der Waals surface area contributed by atoms with E-state index >= 15 is 0 Å². The van der Waals surface area contributed by atoms with E-state index in [0.29, 0.717) is 6.54 Å². The fourth-order valence-electron chi connectivity index (χ4n) is 2.00. The molecule has 2 aromatic heterocycles. The Hall–Kier alpha value is -1.73. The van der Waals surface area contributed by atoms with E-state index in [1.54, 1.807) is 11.3 Å². The van der Waals surface area contributed by atoms with Gasteiger partial charge in [-0.05, 0) is 0 Å². The smallest absolute Gasteiger partial charge is 0.246 e. The van der Waals surface area contributed by atoms with Crippen LogP contribution in [-0.4, -0.2) is 39.2 Å². The zero-order valence-corrected chi connectivity index (χ0v) is 10.6. The normalized spacial score (nSPS) is 20.3. The number of amides is 2. The fraction of sp³-hybridized carbons (Fsp3) is 0.364. The Morgan fingerprint density at radius 1 is 1.56 bits per heavy atom. The van der Waals surface area contributed by atoms with Crippen LogP contribution in [-0.2, 0) is 16.1 Å². The van der Waals surface area contributed by atoms with E-state index in [9.17, 15) is 9.59 Å². The van der Waals surface area contributed by atoms with Crippen molar-refractivity contribution >= 4 is 28.1 Å². The predicted octanol–water partition coefficient (Wildman–Crippen LogP) is 0.243. The Kier molecular flexibility index (Phi) is 2.64. The van der Waals surface area contributed by atoms with Gasteiger partial charge in [-0.1, -0.05) is 0 Å². The van der Waals surface area contributed by atoms with Crippen LogP contribution in [0.3, 0.4) is 0 Å². The number of imide groups is 1. The van der Waals surface area contributed by atoms with Crippen LogP contribution in [0.2, 0.25) is 0 Å². The third-order valence-electron chi connectivity index (χ3n) is 3.05. The van der Waals surface area contributed by atoms with E-state index in [4.69, 9.17) is 0 Å². The van der Waals surface area contributed by atoms with Crippen LogP contribution in [0.25, 0.3) is 4.96 Å². The molecule has 1 atom stereocenters. The van der Waals surface area contributed by atoms with Crippen LogP contribution in [0.5, 0.6) is 0 Å². The molecule has 0 spiro atoms. The molecule has 1 fully saturated rings. The summed E-state index contributed by atoms with van der Waals surface area (Å²) in [5.74, 6) is -0.302. The number of nitrogens with one attached hydrogen (secondary N) is 1. The van der Waals surface area contributed by atoms with Crippen molar-refractivity contribution in [2.24, 2.45) is 0 Å². The topological polar surface area (TPSA) is 66.7 Å². The molecule has 1 aliphatic rings. The molecule has 0 aromatic carbocycles. The number of likely N-dealkylation sites (N-methyl/N-ethyl adjacent to an activating group) is 1. The average Bonchev–Trinajstić information content (AvgIpc) is 2.97. The van der Waals surface area contributed by atoms with Crippen LogP contribution in [0.15, 0.2) is 17.8 Å². The third kappa shape index (κ3) is 1.81. The molecule has 2 aromatic rings. The van der Waals surface area contributed by atoms with Crippen molar-refractivity contribution in [3.63, 3.8) is 0 Å². The third-order valence-corrected chi connectivity index (χ3v) is 3.82. The van der Waals surface area contributed by atoms with Gasteiger partial charge in [0.15, 0.2) is 4.96 Å². The first-order chi connectivity index (χ1) is 8.65. The molecule has 94 valence electrons. The zero-order valence-electron chi connectivity index (χ0n) is 9.79. The summed E-state index contributed by atoms with van der Waals surface area (Å²) in [7, 11) is 1.51. The summed E-state index contributed by atoms with van der Waals surface area (Å²) in [6.07, 6.45) is 4.09. The highest BCUT2D eigenvalue weighted by Gasteiger charge is 2.35. The van der Waals surface area contributed by atoms with Crippen LogP contribution < -0.4 is 5.32 Å². The highest BCUT2D eigenvalue weighted by atomic mass is 32.1. The van der Waals surface area contributed by atoms with Crippen molar-refractivity contribution in [3.05, 3.63) is 23.5 Å². The lowest BCUT2D eigenvalue weighted by molar-refractivity contribution is -0.137. The summed E-state index contributed by atoms with van der Waals surface area (Å²) in [6, 6.07) is -0.415. The predicted molar refractivity (Wildman–Crippen MR) is 66.1 cm³/mol. The van der Waals surface area contributed by atoms with E-state index in [2.05, 4.69) is 10.3 Å². The van der Waals surface area contributed by atoms with Crippen LogP contribution in [0.4, 0.5) is 0 Å². The molecular weight excluding hydrogens is 252 g/mol. The molecule has 7 heteroatoms. The number of imidazole rings is 1. The van der Waals surface area contributed by atoms with Gasteiger partial charge in [-0.3, -0.25) is 24.2 Å². The van der Waals surface area contributed by atoms with Crippen molar-refractivity contribution in [1.82, 2.24) is 19.6 Å². The van der Waals surface area contributed by atoms with Crippen molar-refractivity contribution in [3.8, 4) is 0 Å². The van der Waals surface area contributed by atoms with Gasteiger partial charge in [0.25, 0.3) is 0 Å². The molecule has 2 amide bonds. The minimum Gasteiger partial charge on any atom is -0.300 e. The maximum atomic E-state index is 11.7. The maximum absolute atomic E-state index is 11.7. The first kappa shape index (κ1) is 11.4. The number of carbonyl (C=O) groups excluding carboxylic acids is 2. The highest BCUT2D eigenvalue weighted by Crippen LogP contribution is 2.13. The molecule has 1 aliphatic heterocycles. The summed E-state index contributed by atoms with van der Waals surface area (Å²) in [5, 5.41) is 5.04. The molecule has 1 unspecified atom stereocenters. The Bertz CT molecular complexity index is 589. The number of fused-ring (bicyclic) bond motifs is 1. The molecule has 0 bridgehead atoms. The number of aromatic nitrogens is 2. The number of hydrogen-bond donors (Lipinski definition) is 1. The molecular formula is C11H12N4O2S. The van der Waals surface area contributed by atoms with Gasteiger partial charge in [0.05, 0.1) is 18.2 Å². The van der Waals surface area contributed by atoms with Gasteiger partial charge in [-0.15, -0.1) is 11.3 Å². The average molecular weight is 264 g/mol. The summed E-state index contributed by atoms with van der Waals surface area (Å²) in [6.45, 7) is 0.492.